The predicted octanol–water partition coefficient (Wildman–Crippen LogP) is 3.32. The van der Waals surface area contributed by atoms with E-state index in [0.717, 1.165) is 25.7 Å². The van der Waals surface area contributed by atoms with Gasteiger partial charge in [0.1, 0.15) is 12.4 Å². The maximum atomic E-state index is 13.3. The number of nitrogens with one attached hydrogen (secondary N) is 1. The van der Waals surface area contributed by atoms with E-state index in [2.05, 4.69) is 17.2 Å². The van der Waals surface area contributed by atoms with E-state index >= 15 is 0 Å². The van der Waals surface area contributed by atoms with Crippen LogP contribution in [0.2, 0.25) is 0 Å². The molecule has 1 rings (SSSR count). The van der Waals surface area contributed by atoms with Crippen molar-refractivity contribution in [3.05, 3.63) is 29.6 Å². The molecule has 0 radical (unpaired) electrons. The Balaban J connectivity index is 2.92. The van der Waals surface area contributed by atoms with Gasteiger partial charge in [-0.15, -0.1) is 0 Å². The second kappa shape index (κ2) is 9.15. The first-order chi connectivity index (χ1) is 10.1. The van der Waals surface area contributed by atoms with Crippen molar-refractivity contribution in [3.8, 4) is 11.8 Å². The lowest BCUT2D eigenvalue weighted by Crippen LogP contribution is -2.23. The van der Waals surface area contributed by atoms with Gasteiger partial charge in [-0.25, -0.2) is 4.39 Å². The second-order valence-electron chi connectivity index (χ2n) is 4.91. The molecule has 3 nitrogen and oxygen atoms in total. The molecule has 114 valence electrons. The molecule has 2 N–H and O–H groups in total. The van der Waals surface area contributed by atoms with Crippen LogP contribution in [0.15, 0.2) is 18.2 Å². The van der Waals surface area contributed by atoms with Crippen molar-refractivity contribution in [2.24, 2.45) is 5.92 Å². The summed E-state index contributed by atoms with van der Waals surface area (Å²) in [6, 6.07) is 4.05. The van der Waals surface area contributed by atoms with Crippen molar-refractivity contribution < 1.29 is 14.3 Å². The van der Waals surface area contributed by atoms with Crippen molar-refractivity contribution in [1.82, 2.24) is 0 Å². The summed E-state index contributed by atoms with van der Waals surface area (Å²) in [7, 11) is 0. The number of aliphatic hydroxyl groups excluding tert-OH is 1. The first-order valence-electron chi connectivity index (χ1n) is 7.32. The predicted molar refractivity (Wildman–Crippen MR) is 82.3 cm³/mol. The van der Waals surface area contributed by atoms with Gasteiger partial charge < -0.3 is 10.4 Å². The van der Waals surface area contributed by atoms with Crippen LogP contribution in [0.3, 0.4) is 0 Å². The van der Waals surface area contributed by atoms with E-state index in [0.29, 0.717) is 11.3 Å². The Labute approximate surface area is 125 Å². The summed E-state index contributed by atoms with van der Waals surface area (Å²) < 4.78 is 13.3. The molecule has 1 amide bonds. The summed E-state index contributed by atoms with van der Waals surface area (Å²) in [6.45, 7) is 3.79. The quantitative estimate of drug-likeness (QED) is 0.790. The molecular weight excluding hydrogens is 269 g/mol. The number of benzene rings is 1. The van der Waals surface area contributed by atoms with E-state index in [1.54, 1.807) is 0 Å². The van der Waals surface area contributed by atoms with Crippen LogP contribution in [-0.4, -0.2) is 17.6 Å². The Bertz CT molecular complexity index is 525. The Morgan fingerprint density at radius 2 is 2.00 bits per heavy atom. The third-order valence-electron chi connectivity index (χ3n) is 3.19. The molecule has 1 aromatic carbocycles. The molecule has 0 atom stereocenters. The minimum absolute atomic E-state index is 0.0382. The molecule has 0 fully saturated rings. The van der Waals surface area contributed by atoms with Crippen molar-refractivity contribution >= 4 is 11.6 Å². The molecule has 0 aromatic heterocycles. The lowest BCUT2D eigenvalue weighted by molar-refractivity contribution is -0.120. The van der Waals surface area contributed by atoms with Crippen LogP contribution in [0.4, 0.5) is 10.1 Å². The van der Waals surface area contributed by atoms with Crippen LogP contribution in [0, 0.1) is 23.6 Å². The van der Waals surface area contributed by atoms with Gasteiger partial charge in [0.15, 0.2) is 0 Å². The van der Waals surface area contributed by atoms with Gasteiger partial charge in [-0.1, -0.05) is 38.5 Å². The molecule has 0 unspecified atom stereocenters. The Kier molecular flexibility index (Phi) is 7.49. The molecule has 0 saturated heterocycles. The zero-order chi connectivity index (χ0) is 15.7. The number of amides is 1. The molecule has 0 bridgehead atoms. The maximum absolute atomic E-state index is 13.3. The van der Waals surface area contributed by atoms with E-state index in [1.807, 2.05) is 13.8 Å². The smallest absolute Gasteiger partial charge is 0.227 e. The van der Waals surface area contributed by atoms with E-state index in [1.165, 1.54) is 18.2 Å². The highest BCUT2D eigenvalue weighted by Gasteiger charge is 2.17. The summed E-state index contributed by atoms with van der Waals surface area (Å²) in [4.78, 5) is 12.3. The topological polar surface area (TPSA) is 49.3 Å². The molecule has 0 saturated carbocycles. The molecular formula is C17H22FNO2. The fourth-order valence-corrected chi connectivity index (χ4v) is 2.20. The van der Waals surface area contributed by atoms with E-state index in [9.17, 15) is 9.18 Å². The van der Waals surface area contributed by atoms with Crippen LogP contribution in [0.1, 0.15) is 45.1 Å². The second-order valence-corrected chi connectivity index (χ2v) is 4.91. The van der Waals surface area contributed by atoms with Crippen LogP contribution in [-0.2, 0) is 4.79 Å². The molecule has 4 heteroatoms. The van der Waals surface area contributed by atoms with Gasteiger partial charge in [-0.2, -0.15) is 0 Å². The van der Waals surface area contributed by atoms with Gasteiger partial charge in [0, 0.05) is 5.92 Å². The van der Waals surface area contributed by atoms with Crippen molar-refractivity contribution in [2.75, 3.05) is 11.9 Å². The highest BCUT2D eigenvalue weighted by atomic mass is 19.1. The summed E-state index contributed by atoms with van der Waals surface area (Å²) in [5.74, 6) is 4.61. The van der Waals surface area contributed by atoms with E-state index < -0.39 is 5.82 Å². The SMILES string of the molecule is CCCC(CCC)C(=O)Nc1ccc(F)cc1C#CCO. The van der Waals surface area contributed by atoms with Gasteiger partial charge in [0.05, 0.1) is 11.3 Å². The Hall–Kier alpha value is -1.86. The third-order valence-corrected chi connectivity index (χ3v) is 3.19. The van der Waals surface area contributed by atoms with Crippen molar-refractivity contribution in [2.45, 2.75) is 39.5 Å². The van der Waals surface area contributed by atoms with E-state index in [4.69, 9.17) is 5.11 Å². The number of hydrogen-bond acceptors (Lipinski definition) is 2. The van der Waals surface area contributed by atoms with Crippen LogP contribution < -0.4 is 5.32 Å². The van der Waals surface area contributed by atoms with Crippen LogP contribution >= 0.6 is 0 Å². The number of halogens is 1. The van der Waals surface area contributed by atoms with Gasteiger partial charge in [0.25, 0.3) is 0 Å². The molecule has 0 aliphatic rings. The van der Waals surface area contributed by atoms with Crippen LogP contribution in [0.25, 0.3) is 0 Å². The lowest BCUT2D eigenvalue weighted by Gasteiger charge is -2.16. The summed E-state index contributed by atoms with van der Waals surface area (Å²) >= 11 is 0. The lowest BCUT2D eigenvalue weighted by atomic mass is 9.97. The zero-order valence-electron chi connectivity index (χ0n) is 12.6. The monoisotopic (exact) mass is 291 g/mol. The largest absolute Gasteiger partial charge is 0.384 e. The minimum Gasteiger partial charge on any atom is -0.384 e. The van der Waals surface area contributed by atoms with E-state index in [-0.39, 0.29) is 18.4 Å². The number of carbonyl (C=O) groups excluding carboxylic acids is 1. The molecule has 0 spiro atoms. The molecule has 21 heavy (non-hydrogen) atoms. The highest BCUT2D eigenvalue weighted by Crippen LogP contribution is 2.20. The first-order valence-corrected chi connectivity index (χ1v) is 7.32. The molecule has 1 aromatic rings. The Morgan fingerprint density at radius 3 is 2.57 bits per heavy atom. The van der Waals surface area contributed by atoms with Gasteiger partial charge in [-0.3, -0.25) is 4.79 Å². The first kappa shape index (κ1) is 17.2. The number of anilines is 1. The number of hydrogen-bond donors (Lipinski definition) is 2. The van der Waals surface area contributed by atoms with Gasteiger partial charge >= 0.3 is 0 Å². The Morgan fingerprint density at radius 1 is 1.33 bits per heavy atom. The average molecular weight is 291 g/mol. The molecule has 0 aliphatic carbocycles. The van der Waals surface area contributed by atoms with Crippen LogP contribution in [0.5, 0.6) is 0 Å². The fourth-order valence-electron chi connectivity index (χ4n) is 2.20. The van der Waals surface area contributed by atoms with Crippen molar-refractivity contribution in [3.63, 3.8) is 0 Å². The summed E-state index contributed by atoms with van der Waals surface area (Å²) in [5, 5.41) is 11.6. The fraction of sp³-hybridized carbons (Fsp3) is 0.471. The number of rotatable bonds is 6. The number of aliphatic hydroxyl groups is 1. The minimum atomic E-state index is -0.422. The highest BCUT2D eigenvalue weighted by molar-refractivity contribution is 5.93. The van der Waals surface area contributed by atoms with Gasteiger partial charge in [0.2, 0.25) is 5.91 Å². The third kappa shape index (κ3) is 5.57. The summed E-state index contributed by atoms with van der Waals surface area (Å²) in [5.41, 5.74) is 0.865. The number of carbonyl (C=O) groups is 1. The zero-order valence-corrected chi connectivity index (χ0v) is 12.6. The standard InChI is InChI=1S/C17H22FNO2/c1-3-6-13(7-4-2)17(21)19-16-10-9-15(18)12-14(16)8-5-11-20/h9-10,12-13,20H,3-4,6-7,11H2,1-2H3,(H,19,21). The summed E-state index contributed by atoms with van der Waals surface area (Å²) in [6.07, 6.45) is 3.55. The molecule has 0 aliphatic heterocycles. The maximum Gasteiger partial charge on any atom is 0.227 e. The molecule has 0 heterocycles. The average Bonchev–Trinajstić information content (AvgIpc) is 2.47. The van der Waals surface area contributed by atoms with Crippen molar-refractivity contribution in [1.29, 1.82) is 0 Å². The normalized spacial score (nSPS) is 10.1. The van der Waals surface area contributed by atoms with Gasteiger partial charge in [-0.05, 0) is 31.0 Å².